The van der Waals surface area contributed by atoms with Gasteiger partial charge in [-0.2, -0.15) is 0 Å². The summed E-state index contributed by atoms with van der Waals surface area (Å²) < 4.78 is 0. The average molecular weight is 438 g/mol. The van der Waals surface area contributed by atoms with Crippen LogP contribution in [-0.2, 0) is 6.54 Å². The van der Waals surface area contributed by atoms with Gasteiger partial charge in [-0.25, -0.2) is 4.98 Å². The maximum Gasteiger partial charge on any atom is 0.256 e. The topological polar surface area (TPSA) is 104 Å². The zero-order valence-electron chi connectivity index (χ0n) is 18.0. The lowest BCUT2D eigenvalue weighted by molar-refractivity contribution is 0.0950. The predicted molar refractivity (Wildman–Crippen MR) is 128 cm³/mol. The van der Waals surface area contributed by atoms with Crippen molar-refractivity contribution in [2.75, 3.05) is 0 Å². The Morgan fingerprint density at radius 3 is 2.76 bits per heavy atom. The lowest BCUT2D eigenvalue weighted by Gasteiger charge is -2.09. The van der Waals surface area contributed by atoms with Crippen LogP contribution in [-0.4, -0.2) is 25.8 Å². The van der Waals surface area contributed by atoms with Crippen LogP contribution in [0.1, 0.15) is 53.5 Å². The molecule has 2 aromatic carbocycles. The van der Waals surface area contributed by atoms with Gasteiger partial charge >= 0.3 is 0 Å². The number of H-pyrrole nitrogens is 2. The van der Waals surface area contributed by atoms with Gasteiger partial charge < -0.3 is 15.3 Å². The smallest absolute Gasteiger partial charge is 0.256 e. The Morgan fingerprint density at radius 2 is 1.94 bits per heavy atom. The predicted octanol–water partition coefficient (Wildman–Crippen LogP) is 4.54. The number of nitrogens with zero attached hydrogens (tertiary/aromatic N) is 2. The van der Waals surface area contributed by atoms with Gasteiger partial charge in [0, 0.05) is 34.6 Å². The number of rotatable bonds is 4. The number of carbonyl (C=O) groups excluding carboxylic acids is 1. The summed E-state index contributed by atoms with van der Waals surface area (Å²) in [5.41, 5.74) is 2.84. The fourth-order valence-corrected chi connectivity index (χ4v) is 5.00. The van der Waals surface area contributed by atoms with E-state index in [-0.39, 0.29) is 11.5 Å². The Kier molecular flexibility index (Phi) is 4.68. The summed E-state index contributed by atoms with van der Waals surface area (Å²) >= 11 is 0. The van der Waals surface area contributed by atoms with Crippen molar-refractivity contribution in [3.63, 3.8) is 0 Å². The fourth-order valence-electron chi connectivity index (χ4n) is 5.00. The summed E-state index contributed by atoms with van der Waals surface area (Å²) in [6.07, 6.45) is 8.07. The Hall–Kier alpha value is -4.00. The quantitative estimate of drug-likeness (QED) is 0.359. The molecule has 7 nitrogen and oxygen atoms in total. The van der Waals surface area contributed by atoms with Crippen LogP contribution in [0.3, 0.4) is 0 Å². The highest BCUT2D eigenvalue weighted by atomic mass is 16.1. The number of amides is 1. The van der Waals surface area contributed by atoms with Crippen LogP contribution in [0, 0.1) is 0 Å². The van der Waals surface area contributed by atoms with E-state index in [4.69, 9.17) is 4.98 Å². The minimum atomic E-state index is -0.209. The second-order valence-electron chi connectivity index (χ2n) is 8.69. The van der Waals surface area contributed by atoms with E-state index in [1.165, 1.54) is 12.8 Å². The molecule has 3 heterocycles. The third-order valence-corrected chi connectivity index (χ3v) is 6.66. The van der Waals surface area contributed by atoms with Crippen molar-refractivity contribution in [1.82, 2.24) is 25.3 Å². The third kappa shape index (κ3) is 3.36. The molecule has 0 unspecified atom stereocenters. The summed E-state index contributed by atoms with van der Waals surface area (Å²) in [7, 11) is 0. The molecule has 0 bridgehead atoms. The summed E-state index contributed by atoms with van der Waals surface area (Å²) in [5, 5.41) is 5.91. The van der Waals surface area contributed by atoms with E-state index < -0.39 is 0 Å². The van der Waals surface area contributed by atoms with Gasteiger partial charge in [-0.05, 0) is 48.6 Å². The van der Waals surface area contributed by atoms with E-state index in [0.717, 1.165) is 51.6 Å². The first kappa shape index (κ1) is 19.7. The highest BCUT2D eigenvalue weighted by Gasteiger charge is 2.23. The molecule has 3 aromatic heterocycles. The SMILES string of the molecule is O=C(NCc1ccccn1)c1ccc2c(c1)c1c(=O)[nH]ccc1c1nc(C3CCCC3)[nH]c21. The highest BCUT2D eigenvalue weighted by Crippen LogP contribution is 2.37. The molecule has 0 saturated heterocycles. The van der Waals surface area contributed by atoms with Gasteiger partial charge in [0.05, 0.1) is 28.7 Å². The van der Waals surface area contributed by atoms with Crippen LogP contribution in [0.4, 0.5) is 0 Å². The maximum atomic E-state index is 12.9. The molecule has 0 spiro atoms. The molecule has 0 aliphatic heterocycles. The Labute approximate surface area is 189 Å². The van der Waals surface area contributed by atoms with Gasteiger partial charge in [0.15, 0.2) is 0 Å². The number of aromatic amines is 2. The third-order valence-electron chi connectivity index (χ3n) is 6.66. The largest absolute Gasteiger partial charge is 0.346 e. The molecule has 7 heteroatoms. The minimum Gasteiger partial charge on any atom is -0.346 e. The van der Waals surface area contributed by atoms with Gasteiger partial charge in [0.1, 0.15) is 5.82 Å². The van der Waals surface area contributed by atoms with E-state index in [9.17, 15) is 9.59 Å². The zero-order valence-corrected chi connectivity index (χ0v) is 18.0. The standard InChI is InChI=1S/C26H23N5O2/c32-25(29-14-17-7-3-4-11-27-17)16-8-9-18-20(13-16)21-19(10-12-28-26(21)33)23-22(18)30-24(31-23)15-5-1-2-6-15/h3-4,7-13,15H,1-2,5-6,14H2,(H,28,33)(H,29,32)(H,30,31). The first-order chi connectivity index (χ1) is 16.2. The monoisotopic (exact) mass is 437 g/mol. The number of imidazole rings is 1. The van der Waals surface area contributed by atoms with Crippen molar-refractivity contribution in [2.24, 2.45) is 0 Å². The van der Waals surface area contributed by atoms with Crippen LogP contribution >= 0.6 is 0 Å². The number of hydrogen-bond donors (Lipinski definition) is 3. The summed E-state index contributed by atoms with van der Waals surface area (Å²) in [6, 6.07) is 13.0. The van der Waals surface area contributed by atoms with Gasteiger partial charge in [-0.1, -0.05) is 25.0 Å². The molecule has 1 aliphatic rings. The summed E-state index contributed by atoms with van der Waals surface area (Å²) in [5.74, 6) is 1.22. The molecular formula is C26H23N5O2. The molecule has 1 amide bonds. The lowest BCUT2D eigenvalue weighted by Crippen LogP contribution is -2.23. The van der Waals surface area contributed by atoms with Crippen molar-refractivity contribution in [1.29, 1.82) is 0 Å². The molecule has 1 aliphatic carbocycles. The molecule has 1 fully saturated rings. The maximum absolute atomic E-state index is 12.9. The van der Waals surface area contributed by atoms with E-state index >= 15 is 0 Å². The molecule has 1 saturated carbocycles. The number of hydrogen-bond acceptors (Lipinski definition) is 4. The molecular weight excluding hydrogens is 414 g/mol. The number of aromatic nitrogens is 4. The first-order valence-electron chi connectivity index (χ1n) is 11.3. The average Bonchev–Trinajstić information content (AvgIpc) is 3.53. The van der Waals surface area contributed by atoms with Crippen LogP contribution in [0.5, 0.6) is 0 Å². The van der Waals surface area contributed by atoms with Crippen LogP contribution < -0.4 is 10.9 Å². The van der Waals surface area contributed by atoms with Gasteiger partial charge in [-0.15, -0.1) is 0 Å². The molecule has 0 radical (unpaired) electrons. The van der Waals surface area contributed by atoms with E-state index in [1.807, 2.05) is 30.3 Å². The number of fused-ring (bicyclic) bond motifs is 6. The second kappa shape index (κ2) is 7.85. The number of pyridine rings is 2. The van der Waals surface area contributed by atoms with E-state index in [2.05, 4.69) is 20.3 Å². The van der Waals surface area contributed by atoms with Crippen molar-refractivity contribution in [2.45, 2.75) is 38.1 Å². The minimum absolute atomic E-state index is 0.184. The molecule has 6 rings (SSSR count). The normalized spacial score (nSPS) is 14.4. The summed E-state index contributed by atoms with van der Waals surface area (Å²) in [6.45, 7) is 0.337. The highest BCUT2D eigenvalue weighted by molar-refractivity contribution is 6.23. The van der Waals surface area contributed by atoms with Crippen molar-refractivity contribution < 1.29 is 4.79 Å². The van der Waals surface area contributed by atoms with Gasteiger partial charge in [0.2, 0.25) is 0 Å². The summed E-state index contributed by atoms with van der Waals surface area (Å²) in [4.78, 5) is 41.3. The van der Waals surface area contributed by atoms with Gasteiger partial charge in [0.25, 0.3) is 11.5 Å². The van der Waals surface area contributed by atoms with Gasteiger partial charge in [-0.3, -0.25) is 14.6 Å². The molecule has 33 heavy (non-hydrogen) atoms. The van der Waals surface area contributed by atoms with Crippen LogP contribution in [0.2, 0.25) is 0 Å². The number of nitrogens with one attached hydrogen (secondary N) is 3. The second-order valence-corrected chi connectivity index (χ2v) is 8.69. The lowest BCUT2D eigenvalue weighted by atomic mass is 9.99. The molecule has 5 aromatic rings. The Morgan fingerprint density at radius 1 is 1.06 bits per heavy atom. The van der Waals surface area contributed by atoms with E-state index in [0.29, 0.717) is 23.4 Å². The van der Waals surface area contributed by atoms with Crippen molar-refractivity contribution in [3.8, 4) is 0 Å². The first-order valence-corrected chi connectivity index (χ1v) is 11.3. The number of carbonyl (C=O) groups is 1. The zero-order chi connectivity index (χ0) is 22.4. The van der Waals surface area contributed by atoms with Crippen LogP contribution in [0.15, 0.2) is 59.7 Å². The van der Waals surface area contributed by atoms with Crippen molar-refractivity contribution >= 4 is 38.5 Å². The Balaban J connectivity index is 1.49. The van der Waals surface area contributed by atoms with Crippen molar-refractivity contribution in [3.05, 3.63) is 82.3 Å². The fraction of sp³-hybridized carbons (Fsp3) is 0.231. The van der Waals surface area contributed by atoms with E-state index in [1.54, 1.807) is 24.5 Å². The van der Waals surface area contributed by atoms with Crippen LogP contribution in [0.25, 0.3) is 32.6 Å². The number of benzene rings is 2. The molecule has 164 valence electrons. The Bertz CT molecular complexity index is 1560. The molecule has 3 N–H and O–H groups in total. The molecule has 0 atom stereocenters.